The van der Waals surface area contributed by atoms with Crippen molar-refractivity contribution in [3.8, 4) is 6.07 Å². The molecule has 0 amide bonds. The van der Waals surface area contributed by atoms with Crippen molar-refractivity contribution in [2.75, 3.05) is 18.0 Å². The summed E-state index contributed by atoms with van der Waals surface area (Å²) in [5.74, 6) is -0.0615. The van der Waals surface area contributed by atoms with E-state index in [1.807, 2.05) is 24.3 Å². The highest BCUT2D eigenvalue weighted by Gasteiger charge is 2.38. The van der Waals surface area contributed by atoms with Gasteiger partial charge in [0.05, 0.1) is 11.6 Å². The van der Waals surface area contributed by atoms with Crippen LogP contribution >= 0.6 is 0 Å². The van der Waals surface area contributed by atoms with Crippen LogP contribution in [0.4, 0.5) is 15.9 Å². The lowest BCUT2D eigenvalue weighted by Gasteiger charge is -2.48. The van der Waals surface area contributed by atoms with E-state index in [-0.39, 0.29) is 40.9 Å². The number of nitrogens with zero attached hydrogens (tertiary/aromatic N) is 6. The van der Waals surface area contributed by atoms with Gasteiger partial charge in [-0.1, -0.05) is 49.9 Å². The molecule has 1 aliphatic heterocycles. The van der Waals surface area contributed by atoms with E-state index in [9.17, 15) is 14.4 Å². The Morgan fingerprint density at radius 3 is 2.50 bits per heavy atom. The molecule has 1 fully saturated rings. The fraction of sp³-hybridized carbons (Fsp3) is 0.312. The minimum atomic E-state index is -0.384. The third kappa shape index (κ3) is 4.61. The molecule has 0 aliphatic carbocycles. The van der Waals surface area contributed by atoms with Gasteiger partial charge in [0, 0.05) is 32.2 Å². The molecule has 3 atom stereocenters. The summed E-state index contributed by atoms with van der Waals surface area (Å²) in [6.45, 7) is 15.0. The maximum Gasteiger partial charge on any atom is 0.271 e. The average Bonchev–Trinajstić information content (AvgIpc) is 2.97. The van der Waals surface area contributed by atoms with Gasteiger partial charge in [-0.2, -0.15) is 5.26 Å². The van der Waals surface area contributed by atoms with Gasteiger partial charge in [0.15, 0.2) is 0 Å². The van der Waals surface area contributed by atoms with Crippen molar-refractivity contribution in [3.05, 3.63) is 111 Å². The summed E-state index contributed by atoms with van der Waals surface area (Å²) in [5.41, 5.74) is 4.62. The zero-order chi connectivity index (χ0) is 28.6. The van der Waals surface area contributed by atoms with E-state index >= 15 is 0 Å². The fourth-order valence-corrected chi connectivity index (χ4v) is 5.97. The molecule has 0 radical (unpaired) electrons. The molecule has 4 aromatic rings. The zero-order valence-corrected chi connectivity index (χ0v) is 23.1. The molecule has 2 aromatic carbocycles. The fourth-order valence-electron chi connectivity index (χ4n) is 5.97. The number of aryl methyl sites for hydroxylation is 2. The van der Waals surface area contributed by atoms with Crippen molar-refractivity contribution in [1.82, 2.24) is 14.5 Å². The van der Waals surface area contributed by atoms with Crippen molar-refractivity contribution in [2.45, 2.75) is 45.3 Å². The van der Waals surface area contributed by atoms with E-state index in [4.69, 9.17) is 6.57 Å². The van der Waals surface area contributed by atoms with Crippen LogP contribution < -0.4 is 10.5 Å². The molecular weight excluding hydrogens is 503 g/mol. The third-order valence-electron chi connectivity index (χ3n) is 8.00. The standard InChI is InChI=1S/C32H31FN6O/c1-6-22-9-7-8-10-25(22)30(23-11-13-24(33)14-12-23)38-18-21(3)39(19-20(38)2)31-26(17-34)32(40)37(5)27-15-16-28(35-4)36-29(27)31/h7-16,20-21,30H,6,18-19H2,1-3,5H3/t20-,21+,30?/m1/s1. The first kappa shape index (κ1) is 27.1. The first-order valence-corrected chi connectivity index (χ1v) is 13.5. The molecule has 0 saturated carbocycles. The molecule has 1 aliphatic rings. The molecule has 0 spiro atoms. The Morgan fingerprint density at radius 2 is 1.82 bits per heavy atom. The largest absolute Gasteiger partial charge is 0.361 e. The lowest BCUT2D eigenvalue weighted by Crippen LogP contribution is -2.58. The summed E-state index contributed by atoms with van der Waals surface area (Å²) in [4.78, 5) is 25.8. The maximum absolute atomic E-state index is 13.9. The number of hydrogen-bond acceptors (Lipinski definition) is 5. The van der Waals surface area contributed by atoms with Crippen molar-refractivity contribution in [3.63, 3.8) is 0 Å². The molecule has 8 heteroatoms. The number of hydrogen-bond donors (Lipinski definition) is 0. The van der Waals surface area contributed by atoms with Crippen LogP contribution in [0.3, 0.4) is 0 Å². The van der Waals surface area contributed by atoms with Gasteiger partial charge >= 0.3 is 0 Å². The smallest absolute Gasteiger partial charge is 0.271 e. The molecule has 0 bridgehead atoms. The van der Waals surface area contributed by atoms with Crippen molar-refractivity contribution >= 4 is 22.5 Å². The Hall–Kier alpha value is -4.53. The SMILES string of the molecule is [C-]#[N+]c1ccc2c(n1)c(N1C[C@@H](C)N(C(c3ccc(F)cc3)c3ccccc3CC)C[C@@H]1C)c(C#N)c(=O)n2C. The molecule has 0 N–H and O–H groups in total. The molecule has 1 unspecified atom stereocenters. The summed E-state index contributed by atoms with van der Waals surface area (Å²) in [7, 11) is 1.62. The van der Waals surface area contributed by atoms with Crippen LogP contribution in [-0.2, 0) is 13.5 Å². The summed E-state index contributed by atoms with van der Waals surface area (Å²) in [6, 6.07) is 20.4. The van der Waals surface area contributed by atoms with E-state index in [0.29, 0.717) is 29.8 Å². The van der Waals surface area contributed by atoms with Gasteiger partial charge in [0.1, 0.15) is 23.1 Å². The number of aromatic nitrogens is 2. The van der Waals surface area contributed by atoms with E-state index in [0.717, 1.165) is 12.0 Å². The van der Waals surface area contributed by atoms with Crippen molar-refractivity contribution in [1.29, 1.82) is 5.26 Å². The number of anilines is 1. The highest BCUT2D eigenvalue weighted by molar-refractivity contribution is 5.93. The second kappa shape index (κ2) is 10.9. The first-order chi connectivity index (χ1) is 19.3. The minimum Gasteiger partial charge on any atom is -0.361 e. The van der Waals surface area contributed by atoms with E-state index in [1.54, 1.807) is 19.2 Å². The Kier molecular flexibility index (Phi) is 7.38. The van der Waals surface area contributed by atoms with Crippen LogP contribution in [0.1, 0.15) is 49.1 Å². The van der Waals surface area contributed by atoms with Crippen LogP contribution in [0.2, 0.25) is 0 Å². The van der Waals surface area contributed by atoms with Crippen LogP contribution in [0.15, 0.2) is 65.5 Å². The van der Waals surface area contributed by atoms with Crippen molar-refractivity contribution in [2.24, 2.45) is 7.05 Å². The molecule has 7 nitrogen and oxygen atoms in total. The second-order valence-corrected chi connectivity index (χ2v) is 10.4. The summed E-state index contributed by atoms with van der Waals surface area (Å²) >= 11 is 0. The maximum atomic E-state index is 13.9. The van der Waals surface area contributed by atoms with E-state index in [2.05, 4.69) is 58.6 Å². The van der Waals surface area contributed by atoms with Crippen LogP contribution in [0.5, 0.6) is 0 Å². The number of nitriles is 1. The number of halogens is 1. The number of fused-ring (bicyclic) bond motifs is 1. The van der Waals surface area contributed by atoms with Crippen LogP contribution in [-0.4, -0.2) is 39.6 Å². The van der Waals surface area contributed by atoms with Gasteiger partial charge < -0.3 is 14.3 Å². The number of piperazine rings is 1. The number of pyridine rings is 2. The molecular formula is C32H31FN6O. The highest BCUT2D eigenvalue weighted by atomic mass is 19.1. The van der Waals surface area contributed by atoms with Gasteiger partial charge in [-0.05, 0) is 61.2 Å². The van der Waals surface area contributed by atoms with E-state index in [1.165, 1.54) is 27.8 Å². The summed E-state index contributed by atoms with van der Waals surface area (Å²) < 4.78 is 15.4. The molecule has 202 valence electrons. The average molecular weight is 535 g/mol. The topological polar surface area (TPSA) is 69.5 Å². The lowest BCUT2D eigenvalue weighted by molar-refractivity contribution is 0.129. The highest BCUT2D eigenvalue weighted by Crippen LogP contribution is 2.38. The number of rotatable bonds is 5. The molecule has 2 aromatic heterocycles. The number of benzene rings is 2. The van der Waals surface area contributed by atoms with Crippen LogP contribution in [0, 0.1) is 23.7 Å². The quantitative estimate of drug-likeness (QED) is 0.305. The van der Waals surface area contributed by atoms with E-state index < -0.39 is 0 Å². The molecule has 40 heavy (non-hydrogen) atoms. The van der Waals surface area contributed by atoms with Crippen LogP contribution in [0.25, 0.3) is 15.9 Å². The van der Waals surface area contributed by atoms with Crippen molar-refractivity contribution < 1.29 is 4.39 Å². The predicted octanol–water partition coefficient (Wildman–Crippen LogP) is 5.75. The molecule has 1 saturated heterocycles. The normalized spacial score (nSPS) is 18.3. The Balaban J connectivity index is 1.63. The Labute approximate surface area is 233 Å². The first-order valence-electron chi connectivity index (χ1n) is 13.5. The monoisotopic (exact) mass is 534 g/mol. The Morgan fingerprint density at radius 1 is 1.10 bits per heavy atom. The molecule has 5 rings (SSSR count). The lowest BCUT2D eigenvalue weighted by atomic mass is 9.89. The predicted molar refractivity (Wildman–Crippen MR) is 155 cm³/mol. The summed E-state index contributed by atoms with van der Waals surface area (Å²) in [6.07, 6.45) is 0.873. The Bertz CT molecular complexity index is 1720. The van der Waals surface area contributed by atoms with Gasteiger partial charge in [-0.3, -0.25) is 9.69 Å². The molecule has 3 heterocycles. The third-order valence-corrected chi connectivity index (χ3v) is 8.00. The second-order valence-electron chi connectivity index (χ2n) is 10.4. The van der Waals surface area contributed by atoms with Gasteiger partial charge in [-0.25, -0.2) is 4.39 Å². The summed E-state index contributed by atoms with van der Waals surface area (Å²) in [5, 5.41) is 10.1. The van der Waals surface area contributed by atoms with Gasteiger partial charge in [-0.15, -0.1) is 4.98 Å². The minimum absolute atomic E-state index is 0.00543. The zero-order valence-electron chi connectivity index (χ0n) is 23.1. The van der Waals surface area contributed by atoms with Gasteiger partial charge in [0.25, 0.3) is 11.4 Å². The van der Waals surface area contributed by atoms with Gasteiger partial charge in [0.2, 0.25) is 5.52 Å².